The van der Waals surface area contributed by atoms with Crippen LogP contribution >= 0.6 is 0 Å². The maximum absolute atomic E-state index is 13.8. The van der Waals surface area contributed by atoms with Gasteiger partial charge in [-0.15, -0.1) is 0 Å². The number of methoxy groups -OCH3 is 1. The van der Waals surface area contributed by atoms with Gasteiger partial charge in [0.15, 0.2) is 37.2 Å². The van der Waals surface area contributed by atoms with Crippen molar-refractivity contribution < 1.29 is 130 Å². The van der Waals surface area contributed by atoms with Gasteiger partial charge in [0.2, 0.25) is 0 Å². The van der Waals surface area contributed by atoms with E-state index >= 15 is 0 Å². The molecule has 9 rings (SSSR count). The second kappa shape index (κ2) is 26.2. The number of ketones is 1. The Kier molecular flexibility index (Phi) is 20.9. The van der Waals surface area contributed by atoms with Crippen molar-refractivity contribution in [3.05, 3.63) is 11.6 Å². The van der Waals surface area contributed by atoms with Gasteiger partial charge in [0.25, 0.3) is 0 Å². The molecule has 33 atom stereocenters. The molecule has 490 valence electrons. The normalized spacial score (nSPS) is 51.3. The van der Waals surface area contributed by atoms with Crippen LogP contribution in [0.25, 0.3) is 0 Å². The van der Waals surface area contributed by atoms with Gasteiger partial charge in [-0.1, -0.05) is 39.3 Å². The Morgan fingerprint density at radius 3 is 1.78 bits per heavy atom. The molecular weight excluding hydrogens is 1150 g/mol. The summed E-state index contributed by atoms with van der Waals surface area (Å²) < 4.78 is 107. The Balaban J connectivity index is 0.985. The smallest absolute Gasteiger partial charge is 0.388 e. The summed E-state index contributed by atoms with van der Waals surface area (Å²) in [5, 5.41) is 125. The highest BCUT2D eigenvalue weighted by molar-refractivity contribution is 7.80. The van der Waals surface area contributed by atoms with E-state index in [0.717, 1.165) is 5.57 Å². The van der Waals surface area contributed by atoms with E-state index in [1.54, 1.807) is 6.92 Å². The lowest BCUT2D eigenvalue weighted by Gasteiger charge is -2.60. The van der Waals surface area contributed by atoms with Crippen molar-refractivity contribution in [1.82, 2.24) is 0 Å². The fourth-order valence-electron chi connectivity index (χ4n) is 15.7. The highest BCUT2D eigenvalue weighted by atomic mass is 32.3. The van der Waals surface area contributed by atoms with E-state index in [2.05, 4.69) is 19.9 Å². The average Bonchev–Trinajstić information content (AvgIpc) is 1.70. The predicted molar refractivity (Wildman–Crippen MR) is 289 cm³/mol. The molecule has 1 unspecified atom stereocenters. The third-order valence-electron chi connectivity index (χ3n) is 20.8. The van der Waals surface area contributed by atoms with E-state index in [1.165, 1.54) is 34.8 Å². The van der Waals surface area contributed by atoms with Crippen LogP contribution in [0.2, 0.25) is 0 Å². The van der Waals surface area contributed by atoms with Crippen molar-refractivity contribution in [3.8, 4) is 0 Å². The number of carbonyl (C=O) groups excluding carboxylic acids is 1. The van der Waals surface area contributed by atoms with Crippen LogP contribution in [0.3, 0.4) is 0 Å². The first-order valence-electron chi connectivity index (χ1n) is 30.2. The molecule has 85 heavy (non-hydrogen) atoms. The molecule has 0 aromatic heterocycles. The summed E-state index contributed by atoms with van der Waals surface area (Å²) >= 11 is 0. The largest absolute Gasteiger partial charge is 0.397 e. The van der Waals surface area contributed by atoms with Crippen LogP contribution in [0.15, 0.2) is 11.6 Å². The number of Topliss-reactive ketones (excluding diaryl/α,β-unsaturated/α-hetero) is 1. The number of carbonyl (C=O) groups is 1. The van der Waals surface area contributed by atoms with Crippen molar-refractivity contribution in [2.24, 2.45) is 40.4 Å². The number of hydrogen-bond acceptors (Lipinski definition) is 26. The second-order valence-corrected chi connectivity index (χ2v) is 27.7. The van der Waals surface area contributed by atoms with Gasteiger partial charge >= 0.3 is 10.4 Å². The summed E-state index contributed by atoms with van der Waals surface area (Å²) in [4.78, 5) is 13.8. The average molecular weight is 1240 g/mol. The molecule has 5 heterocycles. The molecule has 3 saturated carbocycles. The fourth-order valence-corrected chi connectivity index (χ4v) is 16.2. The maximum Gasteiger partial charge on any atom is 0.397 e. The highest BCUT2D eigenvalue weighted by Crippen LogP contribution is 2.67. The predicted octanol–water partition coefficient (Wildman–Crippen LogP) is -0.995. The Morgan fingerprint density at radius 1 is 0.635 bits per heavy atom. The number of hydrogen-bond donors (Lipinski definition) is 12. The lowest BCUT2D eigenvalue weighted by molar-refractivity contribution is -0.398. The standard InChI is InChI=1S/C57H94O27S/c1-22(2)11-14-35(58)57(9,69)34-13-12-29-28-20-32(31-19-27(84-85(70,71)72)15-17-55(31,7)30(28)16-18-56(29,34)8)79-51-45(68)47(39(62)26(6)76-51)81-53-48(82-52-44(67)46(73-10)38(61)25(5)77-52)40(63)33(21-74-53)80-54-49(42(65)37(60)24(4)78-54)83-50-43(66)41(64)36(59)23(3)75-50/h16,22-29,31-34,36-54,59-69H,11-15,17-21H2,1-10H3,(H,70,71,72)/t23-,24-,25-,26-,27+,28+,29+,31?,32+,33-,34+,36+,37-,38-,39-,40+,41+,42+,43-,44-,45-,46+,47+,48-,49-,50+,51+,52+,53+,54+,55-,56+,57-/m1/s1. The van der Waals surface area contributed by atoms with Crippen LogP contribution in [0.5, 0.6) is 0 Å². The summed E-state index contributed by atoms with van der Waals surface area (Å²) in [6.07, 6.45) is -33.2. The van der Waals surface area contributed by atoms with Crippen LogP contribution in [-0.2, 0) is 71.5 Å². The van der Waals surface area contributed by atoms with Crippen LogP contribution < -0.4 is 0 Å². The Bertz CT molecular complexity index is 2420. The molecule has 0 aromatic carbocycles. The topological polar surface area (TPSA) is 405 Å². The molecule has 8 fully saturated rings. The van der Waals surface area contributed by atoms with Crippen LogP contribution in [0.1, 0.15) is 120 Å². The molecule has 28 heteroatoms. The summed E-state index contributed by atoms with van der Waals surface area (Å²) in [7, 11) is -3.63. The zero-order valence-electron chi connectivity index (χ0n) is 49.9. The zero-order chi connectivity index (χ0) is 62.3. The minimum Gasteiger partial charge on any atom is -0.388 e. The van der Waals surface area contributed by atoms with Crippen molar-refractivity contribution >= 4 is 16.2 Å². The van der Waals surface area contributed by atoms with E-state index in [4.69, 9.17) is 56.3 Å². The van der Waals surface area contributed by atoms with Crippen molar-refractivity contribution in [2.45, 2.75) is 285 Å². The van der Waals surface area contributed by atoms with Crippen molar-refractivity contribution in [2.75, 3.05) is 13.7 Å². The first-order chi connectivity index (χ1) is 39.7. The SMILES string of the molecule is CO[C@@H]1[C@@H](O)[C@H](O[C@H]2[C@H](O[C@@H]3[C@@H](O)[C@H](O[C@H]4C[C@@H]5C(=CC[C@@]6(C)[C@H]5CC[C@@H]6[C@@](C)(O)C(=O)CCC(C)C)[C@@]5(C)CC[C@H](OS(=O)(=O)O)CC45)O[C@H](C)[C@H]3O)OC[C@@H](O[C@@H]3O[C@H](C)[C@@H](O)[C@H](O)[C@H]3O[C@@H]3O[C@H](C)[C@H](O)[C@H](O)[C@H]3O)[C@@H]2O)O[C@H](C)[C@H]1O. The monoisotopic (exact) mass is 1240 g/mol. The summed E-state index contributed by atoms with van der Waals surface area (Å²) in [5.41, 5.74) is -1.60. The van der Waals surface area contributed by atoms with E-state index < -0.39 is 199 Å². The van der Waals surface area contributed by atoms with E-state index in [0.29, 0.717) is 38.5 Å². The summed E-state index contributed by atoms with van der Waals surface area (Å²) in [5.74, 6) is -0.970. The van der Waals surface area contributed by atoms with E-state index in [9.17, 15) is 73.9 Å². The molecule has 27 nitrogen and oxygen atoms in total. The molecule has 5 saturated heterocycles. The van der Waals surface area contributed by atoms with Gasteiger partial charge in [-0.3, -0.25) is 9.35 Å². The Labute approximate surface area is 496 Å². The lowest BCUT2D eigenvalue weighted by Crippen LogP contribution is -2.67. The Morgan fingerprint density at radius 2 is 1.16 bits per heavy atom. The maximum atomic E-state index is 13.8. The van der Waals surface area contributed by atoms with E-state index in [1.807, 2.05) is 13.8 Å². The van der Waals surface area contributed by atoms with Gasteiger partial charge in [0.1, 0.15) is 97.2 Å². The highest BCUT2D eigenvalue weighted by Gasteiger charge is 2.64. The third kappa shape index (κ3) is 13.3. The molecule has 12 N–H and O–H groups in total. The number of aliphatic hydroxyl groups excluding tert-OH is 10. The zero-order valence-corrected chi connectivity index (χ0v) is 50.8. The molecule has 0 amide bonds. The quantitative estimate of drug-likeness (QED) is 0.0579. The molecule has 0 radical (unpaired) electrons. The third-order valence-corrected chi connectivity index (χ3v) is 21.3. The van der Waals surface area contributed by atoms with Crippen LogP contribution in [0, 0.1) is 40.4 Å². The van der Waals surface area contributed by atoms with Gasteiger partial charge in [-0.25, -0.2) is 4.18 Å². The summed E-state index contributed by atoms with van der Waals surface area (Å²) in [6.45, 7) is 15.2. The van der Waals surface area contributed by atoms with Crippen molar-refractivity contribution in [1.29, 1.82) is 0 Å². The first kappa shape index (κ1) is 67.8. The van der Waals surface area contributed by atoms with Gasteiger partial charge in [0, 0.05) is 19.4 Å². The van der Waals surface area contributed by atoms with Crippen LogP contribution in [0.4, 0.5) is 0 Å². The minimum absolute atomic E-state index is 0.0296. The molecule has 0 aromatic rings. The fraction of sp³-hybridized carbons (Fsp3) is 0.947. The van der Waals surface area contributed by atoms with Gasteiger partial charge < -0.3 is 108 Å². The van der Waals surface area contributed by atoms with Crippen LogP contribution in [-0.4, -0.2) is 254 Å². The van der Waals surface area contributed by atoms with E-state index in [-0.39, 0.29) is 48.7 Å². The molecule has 5 aliphatic heterocycles. The molecule has 0 bridgehead atoms. The number of aliphatic hydroxyl groups is 11. The minimum atomic E-state index is -4.87. The lowest BCUT2D eigenvalue weighted by atomic mass is 9.47. The number of ether oxygens (including phenoxy) is 11. The van der Waals surface area contributed by atoms with Gasteiger partial charge in [0.05, 0.1) is 43.2 Å². The number of rotatable bonds is 18. The van der Waals surface area contributed by atoms with Gasteiger partial charge in [-0.05, 0) is 120 Å². The molecular formula is C57H94O27S. The number of fused-ring (bicyclic) bond motifs is 5. The van der Waals surface area contributed by atoms with Crippen molar-refractivity contribution in [3.63, 3.8) is 0 Å². The second-order valence-electron chi connectivity index (χ2n) is 26.7. The first-order valence-corrected chi connectivity index (χ1v) is 31.5. The summed E-state index contributed by atoms with van der Waals surface area (Å²) in [6, 6.07) is 0. The van der Waals surface area contributed by atoms with Gasteiger partial charge in [-0.2, -0.15) is 8.42 Å². The molecule has 4 aliphatic carbocycles. The Hall–Kier alpha value is -1.60. The number of allylic oxidation sites excluding steroid dienone is 2. The molecule has 0 spiro atoms. The molecule has 9 aliphatic rings.